The Morgan fingerprint density at radius 2 is 2.21 bits per heavy atom. The van der Waals surface area contributed by atoms with Crippen LogP contribution in [0.3, 0.4) is 0 Å². The molecule has 0 aliphatic heterocycles. The van der Waals surface area contributed by atoms with Crippen molar-refractivity contribution in [2.45, 2.75) is 25.7 Å². The predicted octanol–water partition coefficient (Wildman–Crippen LogP) is 2.65. The minimum Gasteiger partial charge on any atom is -0.465 e. The molecule has 3 nitrogen and oxygen atoms in total. The van der Waals surface area contributed by atoms with Crippen molar-refractivity contribution in [1.82, 2.24) is 0 Å². The maximum atomic E-state index is 12.4. The summed E-state index contributed by atoms with van der Waals surface area (Å²) in [6.07, 6.45) is 3.01. The molecule has 100 valence electrons. The second-order valence-corrected chi connectivity index (χ2v) is 4.71. The van der Waals surface area contributed by atoms with Gasteiger partial charge in [-0.05, 0) is 30.9 Å². The second-order valence-electron chi connectivity index (χ2n) is 4.71. The Balaban J connectivity index is 2.40. The van der Waals surface area contributed by atoms with Gasteiger partial charge in [0.15, 0.2) is 5.78 Å². The normalized spacial score (nSPS) is 21.6. The van der Waals surface area contributed by atoms with Gasteiger partial charge in [0.05, 0.1) is 6.61 Å². The van der Waals surface area contributed by atoms with Gasteiger partial charge in [-0.15, -0.1) is 6.58 Å². The minimum atomic E-state index is -0.769. The first kappa shape index (κ1) is 13.5. The van der Waals surface area contributed by atoms with E-state index in [1.807, 2.05) is 24.3 Å². The van der Waals surface area contributed by atoms with Crippen LogP contribution in [0.4, 0.5) is 0 Å². The van der Waals surface area contributed by atoms with Crippen LogP contribution >= 0.6 is 0 Å². The van der Waals surface area contributed by atoms with E-state index in [0.717, 1.165) is 11.1 Å². The molecule has 0 saturated heterocycles. The van der Waals surface area contributed by atoms with Gasteiger partial charge in [0, 0.05) is 5.92 Å². The molecule has 0 amide bonds. The number of hydrogen-bond donors (Lipinski definition) is 0. The molecule has 2 rings (SSSR count). The van der Waals surface area contributed by atoms with Crippen LogP contribution in [0.5, 0.6) is 0 Å². The Hall–Kier alpha value is -1.90. The Morgan fingerprint density at radius 3 is 2.89 bits per heavy atom. The van der Waals surface area contributed by atoms with E-state index >= 15 is 0 Å². The molecule has 0 aromatic heterocycles. The molecular formula is C16H18O3. The minimum absolute atomic E-state index is 0.0444. The average molecular weight is 258 g/mol. The molecule has 0 heterocycles. The first-order chi connectivity index (χ1) is 9.19. The predicted molar refractivity (Wildman–Crippen MR) is 72.8 cm³/mol. The number of Topliss-reactive ketones (excluding diaryl/α,β-unsaturated/α-hetero) is 1. The Labute approximate surface area is 113 Å². The average Bonchev–Trinajstić information content (AvgIpc) is 2.40. The van der Waals surface area contributed by atoms with Crippen LogP contribution in [0.15, 0.2) is 36.9 Å². The second kappa shape index (κ2) is 5.83. The van der Waals surface area contributed by atoms with E-state index in [1.54, 1.807) is 13.0 Å². The van der Waals surface area contributed by atoms with Crippen molar-refractivity contribution in [2.75, 3.05) is 6.61 Å². The Kier molecular flexibility index (Phi) is 4.15. The van der Waals surface area contributed by atoms with E-state index < -0.39 is 11.9 Å². The third kappa shape index (κ3) is 2.60. The van der Waals surface area contributed by atoms with Crippen molar-refractivity contribution in [3.05, 3.63) is 48.0 Å². The number of fused-ring (bicyclic) bond motifs is 1. The van der Waals surface area contributed by atoms with Gasteiger partial charge in [-0.3, -0.25) is 9.59 Å². The Morgan fingerprint density at radius 1 is 1.47 bits per heavy atom. The summed E-state index contributed by atoms with van der Waals surface area (Å²) in [6, 6.07) is 7.61. The van der Waals surface area contributed by atoms with Gasteiger partial charge < -0.3 is 4.74 Å². The lowest BCUT2D eigenvalue weighted by Crippen LogP contribution is -2.35. The standard InChI is InChI=1S/C16H18O3/c1-3-7-12-10-11-8-5-6-9-13(11)14(15(12)17)16(18)19-4-2/h3,5-6,8-9,12,14H,1,4,7,10H2,2H3. The third-order valence-electron chi connectivity index (χ3n) is 3.49. The first-order valence-corrected chi connectivity index (χ1v) is 6.58. The number of ketones is 1. The number of benzene rings is 1. The van der Waals surface area contributed by atoms with Crippen LogP contribution in [0, 0.1) is 5.92 Å². The van der Waals surface area contributed by atoms with Crippen molar-refractivity contribution in [3.63, 3.8) is 0 Å². The number of rotatable bonds is 4. The summed E-state index contributed by atoms with van der Waals surface area (Å²) in [7, 11) is 0. The first-order valence-electron chi connectivity index (χ1n) is 6.58. The largest absolute Gasteiger partial charge is 0.465 e. The molecule has 0 fully saturated rings. The summed E-state index contributed by atoms with van der Waals surface area (Å²) >= 11 is 0. The summed E-state index contributed by atoms with van der Waals surface area (Å²) in [5.41, 5.74) is 1.86. The van der Waals surface area contributed by atoms with Gasteiger partial charge in [-0.2, -0.15) is 0 Å². The molecular weight excluding hydrogens is 240 g/mol. The molecule has 1 aliphatic carbocycles. The highest BCUT2D eigenvalue weighted by molar-refractivity contribution is 6.07. The molecule has 0 saturated carbocycles. The van der Waals surface area contributed by atoms with Crippen molar-refractivity contribution in [1.29, 1.82) is 0 Å². The van der Waals surface area contributed by atoms with Crippen LogP contribution in [-0.4, -0.2) is 18.4 Å². The molecule has 1 aliphatic rings. The third-order valence-corrected chi connectivity index (χ3v) is 3.49. The summed E-state index contributed by atoms with van der Waals surface area (Å²) in [4.78, 5) is 24.5. The van der Waals surface area contributed by atoms with Gasteiger partial charge in [0.25, 0.3) is 0 Å². The van der Waals surface area contributed by atoms with Crippen LogP contribution in [-0.2, 0) is 20.7 Å². The molecule has 0 spiro atoms. The van der Waals surface area contributed by atoms with Gasteiger partial charge in [-0.25, -0.2) is 0 Å². The van der Waals surface area contributed by atoms with E-state index in [1.165, 1.54) is 0 Å². The molecule has 0 N–H and O–H groups in total. The highest BCUT2D eigenvalue weighted by Crippen LogP contribution is 2.34. The summed E-state index contributed by atoms with van der Waals surface area (Å²) in [6.45, 7) is 5.72. The quantitative estimate of drug-likeness (QED) is 0.474. The maximum absolute atomic E-state index is 12.4. The van der Waals surface area contributed by atoms with E-state index in [-0.39, 0.29) is 18.3 Å². The Bertz CT molecular complexity index is 504. The van der Waals surface area contributed by atoms with Crippen molar-refractivity contribution in [3.8, 4) is 0 Å². The molecule has 1 aromatic rings. The molecule has 3 heteroatoms. The summed E-state index contributed by atoms with van der Waals surface area (Å²) < 4.78 is 5.05. The fraction of sp³-hybridized carbons (Fsp3) is 0.375. The fourth-order valence-corrected chi connectivity index (χ4v) is 2.63. The number of ether oxygens (including phenoxy) is 1. The zero-order valence-electron chi connectivity index (χ0n) is 11.1. The number of esters is 1. The van der Waals surface area contributed by atoms with E-state index in [4.69, 9.17) is 4.74 Å². The number of carbonyl (C=O) groups excluding carboxylic acids is 2. The molecule has 2 unspecified atom stereocenters. The number of hydrogen-bond acceptors (Lipinski definition) is 3. The molecule has 0 radical (unpaired) electrons. The van der Waals surface area contributed by atoms with Crippen molar-refractivity contribution < 1.29 is 14.3 Å². The fourth-order valence-electron chi connectivity index (χ4n) is 2.63. The maximum Gasteiger partial charge on any atom is 0.321 e. The number of carbonyl (C=O) groups is 2. The molecule has 2 atom stereocenters. The highest BCUT2D eigenvalue weighted by Gasteiger charge is 2.39. The van der Waals surface area contributed by atoms with Gasteiger partial charge in [0.2, 0.25) is 0 Å². The van der Waals surface area contributed by atoms with Gasteiger partial charge >= 0.3 is 5.97 Å². The van der Waals surface area contributed by atoms with Crippen LogP contribution in [0.25, 0.3) is 0 Å². The lowest BCUT2D eigenvalue weighted by molar-refractivity contribution is -0.149. The SMILES string of the molecule is C=CCC1Cc2ccccc2C(C(=O)OCC)C1=O. The number of allylic oxidation sites excluding steroid dienone is 1. The molecule has 0 bridgehead atoms. The van der Waals surface area contributed by atoms with Crippen LogP contribution in [0.2, 0.25) is 0 Å². The van der Waals surface area contributed by atoms with E-state index in [2.05, 4.69) is 6.58 Å². The zero-order chi connectivity index (χ0) is 13.8. The van der Waals surface area contributed by atoms with Crippen molar-refractivity contribution >= 4 is 11.8 Å². The van der Waals surface area contributed by atoms with Crippen LogP contribution in [0.1, 0.15) is 30.4 Å². The monoisotopic (exact) mass is 258 g/mol. The van der Waals surface area contributed by atoms with Gasteiger partial charge in [-0.1, -0.05) is 30.3 Å². The lowest BCUT2D eigenvalue weighted by atomic mass is 9.74. The summed E-state index contributed by atoms with van der Waals surface area (Å²) in [5, 5.41) is 0. The van der Waals surface area contributed by atoms with Crippen LogP contribution < -0.4 is 0 Å². The van der Waals surface area contributed by atoms with Crippen molar-refractivity contribution in [2.24, 2.45) is 5.92 Å². The molecule has 1 aromatic carbocycles. The summed E-state index contributed by atoms with van der Waals surface area (Å²) in [5.74, 6) is -1.41. The topological polar surface area (TPSA) is 43.4 Å². The molecule has 19 heavy (non-hydrogen) atoms. The smallest absolute Gasteiger partial charge is 0.321 e. The van der Waals surface area contributed by atoms with Gasteiger partial charge in [0.1, 0.15) is 5.92 Å². The highest BCUT2D eigenvalue weighted by atomic mass is 16.5. The van der Waals surface area contributed by atoms with E-state index in [0.29, 0.717) is 12.8 Å². The van der Waals surface area contributed by atoms with E-state index in [9.17, 15) is 9.59 Å². The lowest BCUT2D eigenvalue weighted by Gasteiger charge is -2.28. The zero-order valence-corrected chi connectivity index (χ0v) is 11.1.